The lowest BCUT2D eigenvalue weighted by molar-refractivity contribution is -0.163. The van der Waals surface area contributed by atoms with Crippen LogP contribution >= 0.6 is 0 Å². The average molecular weight is 349 g/mol. The van der Waals surface area contributed by atoms with Gasteiger partial charge in [0.05, 0.1) is 6.04 Å². The molecule has 1 fully saturated rings. The van der Waals surface area contributed by atoms with Crippen molar-refractivity contribution in [1.29, 1.82) is 0 Å². The lowest BCUT2D eigenvalue weighted by atomic mass is 9.87. The van der Waals surface area contributed by atoms with E-state index in [0.29, 0.717) is 6.42 Å². The van der Waals surface area contributed by atoms with E-state index in [1.165, 1.54) is 5.56 Å². The molecular weight excluding hydrogens is 322 g/mol. The summed E-state index contributed by atoms with van der Waals surface area (Å²) in [6.45, 7) is 5.76. The highest BCUT2D eigenvalue weighted by Crippen LogP contribution is 2.41. The van der Waals surface area contributed by atoms with Crippen molar-refractivity contribution in [1.82, 2.24) is 4.90 Å². The van der Waals surface area contributed by atoms with Gasteiger partial charge in [-0.3, -0.25) is 9.69 Å². The standard InChI is InChI=1S/C23H27NO2/c1-3-22(25)26-23(21-14-8-5-9-15-21)16-18-24(19(23)2)17-10-13-20-11-6-4-7-12-20/h4-15,19H,3,16-18H2,1-2H3/b13-10+. The van der Waals surface area contributed by atoms with Gasteiger partial charge < -0.3 is 4.74 Å². The Balaban J connectivity index is 1.77. The summed E-state index contributed by atoms with van der Waals surface area (Å²) in [6.07, 6.45) is 5.56. The number of benzene rings is 2. The van der Waals surface area contributed by atoms with Crippen molar-refractivity contribution in [3.05, 3.63) is 77.9 Å². The number of likely N-dealkylation sites (tertiary alicyclic amines) is 1. The highest BCUT2D eigenvalue weighted by atomic mass is 16.6. The second-order valence-electron chi connectivity index (χ2n) is 6.82. The molecule has 1 saturated heterocycles. The van der Waals surface area contributed by atoms with Crippen molar-refractivity contribution in [2.45, 2.75) is 38.3 Å². The van der Waals surface area contributed by atoms with Gasteiger partial charge in [0.1, 0.15) is 0 Å². The first-order chi connectivity index (χ1) is 12.7. The number of carbonyl (C=O) groups is 1. The molecule has 2 aromatic rings. The molecule has 0 radical (unpaired) electrons. The van der Waals surface area contributed by atoms with E-state index in [4.69, 9.17) is 4.74 Å². The molecule has 0 aromatic heterocycles. The Morgan fingerprint density at radius 2 is 1.81 bits per heavy atom. The number of hydrogen-bond acceptors (Lipinski definition) is 3. The molecule has 1 aliphatic heterocycles. The lowest BCUT2D eigenvalue weighted by Crippen LogP contribution is -2.43. The predicted molar refractivity (Wildman–Crippen MR) is 106 cm³/mol. The summed E-state index contributed by atoms with van der Waals surface area (Å²) in [5, 5.41) is 0. The third-order valence-electron chi connectivity index (χ3n) is 5.29. The van der Waals surface area contributed by atoms with E-state index in [0.717, 1.165) is 25.1 Å². The Morgan fingerprint density at radius 1 is 1.15 bits per heavy atom. The van der Waals surface area contributed by atoms with Crippen LogP contribution in [-0.4, -0.2) is 30.0 Å². The highest BCUT2D eigenvalue weighted by molar-refractivity contribution is 5.70. The van der Waals surface area contributed by atoms with E-state index in [9.17, 15) is 4.79 Å². The van der Waals surface area contributed by atoms with Crippen LogP contribution in [0.5, 0.6) is 0 Å². The summed E-state index contributed by atoms with van der Waals surface area (Å²) in [4.78, 5) is 14.5. The summed E-state index contributed by atoms with van der Waals surface area (Å²) in [7, 11) is 0. The maximum Gasteiger partial charge on any atom is 0.306 e. The van der Waals surface area contributed by atoms with E-state index in [-0.39, 0.29) is 12.0 Å². The van der Waals surface area contributed by atoms with Crippen LogP contribution in [0.15, 0.2) is 66.7 Å². The molecular formula is C23H27NO2. The molecule has 1 heterocycles. The molecule has 26 heavy (non-hydrogen) atoms. The van der Waals surface area contributed by atoms with Crippen LogP contribution < -0.4 is 0 Å². The molecule has 136 valence electrons. The molecule has 0 aliphatic carbocycles. The molecule has 1 aliphatic rings. The van der Waals surface area contributed by atoms with Gasteiger partial charge in [-0.25, -0.2) is 0 Å². The van der Waals surface area contributed by atoms with Crippen LogP contribution in [0.1, 0.15) is 37.8 Å². The van der Waals surface area contributed by atoms with Crippen molar-refractivity contribution < 1.29 is 9.53 Å². The minimum Gasteiger partial charge on any atom is -0.452 e. The number of rotatable bonds is 6. The van der Waals surface area contributed by atoms with Crippen molar-refractivity contribution in [3.8, 4) is 0 Å². The van der Waals surface area contributed by atoms with Crippen molar-refractivity contribution in [3.63, 3.8) is 0 Å². The molecule has 0 bridgehead atoms. The summed E-state index contributed by atoms with van der Waals surface area (Å²) in [5.41, 5.74) is 1.73. The molecule has 3 heteroatoms. The van der Waals surface area contributed by atoms with Gasteiger partial charge in [0.2, 0.25) is 0 Å². The molecule has 2 unspecified atom stereocenters. The molecule has 0 amide bonds. The minimum atomic E-state index is -0.561. The highest BCUT2D eigenvalue weighted by Gasteiger charge is 2.48. The Morgan fingerprint density at radius 3 is 2.46 bits per heavy atom. The van der Waals surface area contributed by atoms with Gasteiger partial charge >= 0.3 is 5.97 Å². The fraction of sp³-hybridized carbons (Fsp3) is 0.348. The fourth-order valence-corrected chi connectivity index (χ4v) is 3.72. The third kappa shape index (κ3) is 3.88. The average Bonchev–Trinajstić information content (AvgIpc) is 3.00. The van der Waals surface area contributed by atoms with Gasteiger partial charge in [-0.1, -0.05) is 79.7 Å². The van der Waals surface area contributed by atoms with Crippen LogP contribution in [-0.2, 0) is 15.1 Å². The normalized spacial score (nSPS) is 23.4. The number of ether oxygens (including phenoxy) is 1. The molecule has 2 atom stereocenters. The molecule has 0 N–H and O–H groups in total. The largest absolute Gasteiger partial charge is 0.452 e. The van der Waals surface area contributed by atoms with Gasteiger partial charge in [-0.15, -0.1) is 0 Å². The quantitative estimate of drug-likeness (QED) is 0.712. The van der Waals surface area contributed by atoms with Gasteiger partial charge in [0.25, 0.3) is 0 Å². The monoisotopic (exact) mass is 349 g/mol. The van der Waals surface area contributed by atoms with Crippen LogP contribution in [0, 0.1) is 0 Å². The van der Waals surface area contributed by atoms with Gasteiger partial charge in [0.15, 0.2) is 5.60 Å². The summed E-state index contributed by atoms with van der Waals surface area (Å²) < 4.78 is 6.04. The third-order valence-corrected chi connectivity index (χ3v) is 5.29. The van der Waals surface area contributed by atoms with Crippen LogP contribution in [0.2, 0.25) is 0 Å². The Hall–Kier alpha value is -2.39. The van der Waals surface area contributed by atoms with Crippen LogP contribution in [0.25, 0.3) is 6.08 Å². The number of nitrogens with zero attached hydrogens (tertiary/aromatic N) is 1. The summed E-state index contributed by atoms with van der Waals surface area (Å²) in [6, 6.07) is 20.6. The fourth-order valence-electron chi connectivity index (χ4n) is 3.72. The second kappa shape index (κ2) is 8.33. The topological polar surface area (TPSA) is 29.5 Å². The minimum absolute atomic E-state index is 0.126. The summed E-state index contributed by atoms with van der Waals surface area (Å²) in [5.74, 6) is -0.137. The van der Waals surface area contributed by atoms with E-state index in [1.807, 2.05) is 43.3 Å². The zero-order valence-corrected chi connectivity index (χ0v) is 15.6. The van der Waals surface area contributed by atoms with Crippen molar-refractivity contribution in [2.75, 3.05) is 13.1 Å². The van der Waals surface area contributed by atoms with Crippen LogP contribution in [0.4, 0.5) is 0 Å². The zero-order chi connectivity index (χ0) is 18.4. The van der Waals surface area contributed by atoms with E-state index < -0.39 is 5.60 Å². The Labute approximate surface area is 156 Å². The molecule has 0 spiro atoms. The Kier molecular flexibility index (Phi) is 5.89. The van der Waals surface area contributed by atoms with E-state index >= 15 is 0 Å². The first-order valence-corrected chi connectivity index (χ1v) is 9.38. The van der Waals surface area contributed by atoms with E-state index in [1.54, 1.807) is 0 Å². The Bertz CT molecular complexity index is 741. The SMILES string of the molecule is CCC(=O)OC1(c2ccccc2)CCN(C/C=C/c2ccccc2)C1C. The van der Waals surface area contributed by atoms with Gasteiger partial charge in [-0.2, -0.15) is 0 Å². The maximum atomic E-state index is 12.1. The van der Waals surface area contributed by atoms with Crippen molar-refractivity contribution >= 4 is 12.0 Å². The van der Waals surface area contributed by atoms with Gasteiger partial charge in [-0.05, 0) is 18.1 Å². The first kappa shape index (κ1) is 18.4. The smallest absolute Gasteiger partial charge is 0.306 e. The zero-order valence-electron chi connectivity index (χ0n) is 15.6. The predicted octanol–water partition coefficient (Wildman–Crippen LogP) is 4.64. The molecule has 3 nitrogen and oxygen atoms in total. The molecule has 3 rings (SSSR count). The number of carbonyl (C=O) groups excluding carboxylic acids is 1. The maximum absolute atomic E-state index is 12.1. The van der Waals surface area contributed by atoms with Crippen LogP contribution in [0.3, 0.4) is 0 Å². The summed E-state index contributed by atoms with van der Waals surface area (Å²) >= 11 is 0. The van der Waals surface area contributed by atoms with E-state index in [2.05, 4.69) is 48.2 Å². The number of esters is 1. The van der Waals surface area contributed by atoms with Gasteiger partial charge in [0, 0.05) is 25.9 Å². The first-order valence-electron chi connectivity index (χ1n) is 9.38. The molecule has 0 saturated carbocycles. The molecule has 2 aromatic carbocycles. The number of hydrogen-bond donors (Lipinski definition) is 0. The second-order valence-corrected chi connectivity index (χ2v) is 6.82. The van der Waals surface area contributed by atoms with Crippen molar-refractivity contribution in [2.24, 2.45) is 0 Å². The lowest BCUT2D eigenvalue weighted by Gasteiger charge is -2.36.